The van der Waals surface area contributed by atoms with Crippen molar-refractivity contribution in [3.8, 4) is 0 Å². The molecule has 0 bridgehead atoms. The van der Waals surface area contributed by atoms with E-state index in [1.54, 1.807) is 0 Å². The summed E-state index contributed by atoms with van der Waals surface area (Å²) in [5.41, 5.74) is 0. The molecule has 0 unspecified atom stereocenters. The molecule has 142 valence electrons. The average molecular weight is 400 g/mol. The van der Waals surface area contributed by atoms with Crippen molar-refractivity contribution in [2.45, 2.75) is 37.2 Å². The molecule has 2 heterocycles. The molecule has 1 aromatic rings. The van der Waals surface area contributed by atoms with Crippen molar-refractivity contribution < 1.29 is 18.0 Å². The number of nitrogens with one attached hydrogen (secondary N) is 1. The molecule has 0 radical (unpaired) electrons. The van der Waals surface area contributed by atoms with Crippen molar-refractivity contribution in [1.82, 2.24) is 14.5 Å². The lowest BCUT2D eigenvalue weighted by molar-refractivity contribution is -0.152. The van der Waals surface area contributed by atoms with Crippen LogP contribution in [-0.4, -0.2) is 61.2 Å². The van der Waals surface area contributed by atoms with Crippen LogP contribution in [0.5, 0.6) is 0 Å². The Kier molecular flexibility index (Phi) is 5.28. The van der Waals surface area contributed by atoms with Crippen LogP contribution in [0, 0.1) is 5.92 Å². The molecule has 0 spiro atoms. The molecule has 2 atom stereocenters. The molecule has 0 saturated carbocycles. The Balaban J connectivity index is 1.78. The summed E-state index contributed by atoms with van der Waals surface area (Å²) < 4.78 is 26.9. The Labute approximate surface area is 158 Å². The second kappa shape index (κ2) is 7.17. The van der Waals surface area contributed by atoms with Crippen LogP contribution >= 0.6 is 11.6 Å². The molecule has 1 aromatic carbocycles. The van der Waals surface area contributed by atoms with E-state index in [2.05, 4.69) is 5.32 Å². The first-order valence-electron chi connectivity index (χ1n) is 8.56. The lowest BCUT2D eigenvalue weighted by Gasteiger charge is -2.45. The van der Waals surface area contributed by atoms with Crippen molar-refractivity contribution in [2.24, 2.45) is 5.92 Å². The summed E-state index contributed by atoms with van der Waals surface area (Å²) in [4.78, 5) is 26.7. The highest BCUT2D eigenvalue weighted by Gasteiger charge is 2.45. The number of piperazine rings is 2. The number of hydrogen-bond acceptors (Lipinski definition) is 4. The van der Waals surface area contributed by atoms with Crippen LogP contribution in [0.25, 0.3) is 0 Å². The first kappa shape index (κ1) is 19.1. The number of halogens is 1. The van der Waals surface area contributed by atoms with Gasteiger partial charge in [-0.15, -0.1) is 0 Å². The summed E-state index contributed by atoms with van der Waals surface area (Å²) in [6, 6.07) is 4.58. The number of fused-ring (bicyclic) bond motifs is 1. The van der Waals surface area contributed by atoms with Crippen LogP contribution in [0.3, 0.4) is 0 Å². The van der Waals surface area contributed by atoms with E-state index in [1.165, 1.54) is 33.5 Å². The number of hydrogen-bond donors (Lipinski definition) is 1. The van der Waals surface area contributed by atoms with Gasteiger partial charge < -0.3 is 10.2 Å². The normalized spacial score (nSPS) is 24.5. The Morgan fingerprint density at radius 2 is 1.85 bits per heavy atom. The van der Waals surface area contributed by atoms with Gasteiger partial charge in [0.05, 0.1) is 4.90 Å². The molecule has 1 N–H and O–H groups in total. The maximum Gasteiger partial charge on any atom is 0.245 e. The van der Waals surface area contributed by atoms with Gasteiger partial charge in [0, 0.05) is 24.7 Å². The summed E-state index contributed by atoms with van der Waals surface area (Å²) in [6.45, 7) is 4.30. The number of carbonyl (C=O) groups is 2. The summed E-state index contributed by atoms with van der Waals surface area (Å²) in [7, 11) is -3.75. The van der Waals surface area contributed by atoms with Gasteiger partial charge >= 0.3 is 0 Å². The third-order valence-electron chi connectivity index (χ3n) is 4.70. The zero-order valence-electron chi connectivity index (χ0n) is 14.7. The third kappa shape index (κ3) is 3.58. The van der Waals surface area contributed by atoms with Crippen molar-refractivity contribution in [2.75, 3.05) is 19.6 Å². The predicted octanol–water partition coefficient (Wildman–Crippen LogP) is 1.09. The smallest absolute Gasteiger partial charge is 0.245 e. The van der Waals surface area contributed by atoms with Crippen molar-refractivity contribution >= 4 is 33.4 Å². The number of benzene rings is 1. The minimum absolute atomic E-state index is 0.0447. The highest BCUT2D eigenvalue weighted by Crippen LogP contribution is 2.24. The van der Waals surface area contributed by atoms with Crippen LogP contribution in [-0.2, 0) is 19.6 Å². The van der Waals surface area contributed by atoms with E-state index in [0.717, 1.165) is 0 Å². The van der Waals surface area contributed by atoms with Gasteiger partial charge in [0.2, 0.25) is 21.8 Å². The molecule has 2 fully saturated rings. The number of sulfonamides is 1. The van der Waals surface area contributed by atoms with Gasteiger partial charge in [0.15, 0.2) is 0 Å². The fourth-order valence-corrected chi connectivity index (χ4v) is 4.94. The van der Waals surface area contributed by atoms with Gasteiger partial charge in [-0.05, 0) is 36.6 Å². The fraction of sp³-hybridized carbons (Fsp3) is 0.529. The van der Waals surface area contributed by atoms with Crippen molar-refractivity contribution in [1.29, 1.82) is 0 Å². The van der Waals surface area contributed by atoms with Crippen LogP contribution in [0.1, 0.15) is 20.3 Å². The molecule has 9 heteroatoms. The number of nitrogens with zero attached hydrogens (tertiary/aromatic N) is 2. The molecular formula is C17H22ClN3O4S. The van der Waals surface area contributed by atoms with E-state index in [4.69, 9.17) is 11.6 Å². The highest BCUT2D eigenvalue weighted by molar-refractivity contribution is 7.89. The molecular weight excluding hydrogens is 378 g/mol. The first-order valence-corrected chi connectivity index (χ1v) is 10.4. The zero-order valence-corrected chi connectivity index (χ0v) is 16.3. The minimum Gasteiger partial charge on any atom is -0.342 e. The fourth-order valence-electron chi connectivity index (χ4n) is 3.38. The second-order valence-electron chi connectivity index (χ2n) is 7.06. The van der Waals surface area contributed by atoms with Gasteiger partial charge in [-0.1, -0.05) is 25.4 Å². The van der Waals surface area contributed by atoms with E-state index < -0.39 is 22.1 Å². The molecule has 2 amide bonds. The van der Waals surface area contributed by atoms with Gasteiger partial charge in [-0.25, -0.2) is 8.42 Å². The predicted molar refractivity (Wildman–Crippen MR) is 97.1 cm³/mol. The topological polar surface area (TPSA) is 86.8 Å². The van der Waals surface area contributed by atoms with Crippen LogP contribution in [0.4, 0.5) is 0 Å². The first-order chi connectivity index (χ1) is 12.2. The lowest BCUT2D eigenvalue weighted by atomic mass is 9.97. The lowest BCUT2D eigenvalue weighted by Crippen LogP contribution is -2.69. The maximum absolute atomic E-state index is 12.8. The second-order valence-corrected chi connectivity index (χ2v) is 9.43. The highest BCUT2D eigenvalue weighted by atomic mass is 35.5. The number of carbonyl (C=O) groups excluding carboxylic acids is 2. The molecule has 0 aromatic heterocycles. The van der Waals surface area contributed by atoms with Gasteiger partial charge in [-0.2, -0.15) is 4.31 Å². The molecule has 2 aliphatic heterocycles. The summed E-state index contributed by atoms with van der Waals surface area (Å²) >= 11 is 5.82. The molecule has 0 aliphatic carbocycles. The molecule has 3 rings (SSSR count). The molecule has 2 saturated heterocycles. The van der Waals surface area contributed by atoms with Crippen LogP contribution in [0.15, 0.2) is 29.2 Å². The van der Waals surface area contributed by atoms with Gasteiger partial charge in [-0.3, -0.25) is 9.59 Å². The molecule has 7 nitrogen and oxygen atoms in total. The number of rotatable bonds is 4. The Bertz CT molecular complexity index is 810. The Morgan fingerprint density at radius 3 is 2.46 bits per heavy atom. The summed E-state index contributed by atoms with van der Waals surface area (Å²) in [6.07, 6.45) is 0.570. The monoisotopic (exact) mass is 399 g/mol. The van der Waals surface area contributed by atoms with E-state index in [-0.39, 0.29) is 42.3 Å². The quantitative estimate of drug-likeness (QED) is 0.820. The maximum atomic E-state index is 12.8. The average Bonchev–Trinajstić information content (AvgIpc) is 2.59. The third-order valence-corrected chi connectivity index (χ3v) is 6.83. The Hall–Kier alpha value is -1.64. The van der Waals surface area contributed by atoms with Crippen LogP contribution in [0.2, 0.25) is 5.02 Å². The van der Waals surface area contributed by atoms with E-state index in [9.17, 15) is 18.0 Å². The zero-order chi connectivity index (χ0) is 19.1. The largest absolute Gasteiger partial charge is 0.342 e. The molecule has 2 aliphatic rings. The van der Waals surface area contributed by atoms with Gasteiger partial charge in [0.25, 0.3) is 0 Å². The number of amides is 2. The standard InChI is InChI=1S/C17H22ClN3O4S/c1-11(2)9-14-17(23)21-8-7-20(10-15(21)16(22)19-14)26(24,25)13-5-3-12(18)4-6-13/h3-6,11,14-15H,7-10H2,1-2H3,(H,19,22)/t14-,15-/m1/s1. The summed E-state index contributed by atoms with van der Waals surface area (Å²) in [5, 5.41) is 3.19. The van der Waals surface area contributed by atoms with Gasteiger partial charge in [0.1, 0.15) is 12.1 Å². The Morgan fingerprint density at radius 1 is 1.19 bits per heavy atom. The SMILES string of the molecule is CC(C)C[C@H]1NC(=O)[C@H]2CN(S(=O)(=O)c3ccc(Cl)cc3)CCN2C1=O. The van der Waals surface area contributed by atoms with E-state index >= 15 is 0 Å². The van der Waals surface area contributed by atoms with E-state index in [1.807, 2.05) is 13.8 Å². The molecule has 26 heavy (non-hydrogen) atoms. The van der Waals surface area contributed by atoms with Crippen molar-refractivity contribution in [3.63, 3.8) is 0 Å². The minimum atomic E-state index is -3.75. The van der Waals surface area contributed by atoms with Crippen LogP contribution < -0.4 is 5.32 Å². The van der Waals surface area contributed by atoms with Crippen molar-refractivity contribution in [3.05, 3.63) is 29.3 Å². The van der Waals surface area contributed by atoms with E-state index in [0.29, 0.717) is 11.4 Å². The summed E-state index contributed by atoms with van der Waals surface area (Å²) in [5.74, 6) is -0.162.